The Morgan fingerprint density at radius 1 is 1.35 bits per heavy atom. The quantitative estimate of drug-likeness (QED) is 0.422. The van der Waals surface area contributed by atoms with E-state index in [2.05, 4.69) is 5.32 Å². The molecule has 0 radical (unpaired) electrons. The van der Waals surface area contributed by atoms with Crippen LogP contribution >= 0.6 is 7.82 Å². The van der Waals surface area contributed by atoms with Gasteiger partial charge < -0.3 is 14.4 Å². The highest BCUT2D eigenvalue weighted by atomic mass is 31.2. The van der Waals surface area contributed by atoms with Crippen molar-refractivity contribution in [3.63, 3.8) is 0 Å². The normalized spacial score (nSPS) is 24.9. The number of carbonyl (C=O) groups excluding carboxylic acids is 2. The fourth-order valence-electron chi connectivity index (χ4n) is 2.33. The van der Waals surface area contributed by atoms with Gasteiger partial charge in [0.1, 0.15) is 6.10 Å². The molecule has 0 bridgehead atoms. The largest absolute Gasteiger partial charge is 0.472 e. The van der Waals surface area contributed by atoms with Crippen molar-refractivity contribution in [2.45, 2.75) is 58.0 Å². The van der Waals surface area contributed by atoms with Crippen LogP contribution in [0.1, 0.15) is 39.5 Å². The second-order valence-corrected chi connectivity index (χ2v) is 7.38. The number of hydrogen-bond acceptors (Lipinski definition) is 7. The summed E-state index contributed by atoms with van der Waals surface area (Å²) in [6, 6.07) is -0.610. The van der Waals surface area contributed by atoms with Gasteiger partial charge in [0.2, 0.25) is 5.91 Å². The molecule has 1 heterocycles. The van der Waals surface area contributed by atoms with E-state index in [-0.39, 0.29) is 19.6 Å². The predicted octanol–water partition coefficient (Wildman–Crippen LogP) is 1.63. The number of imide groups is 1. The maximum absolute atomic E-state index is 12.1. The van der Waals surface area contributed by atoms with Crippen LogP contribution in [0, 0.1) is 0 Å². The van der Waals surface area contributed by atoms with Gasteiger partial charge in [0.25, 0.3) is 0 Å². The molecule has 4 unspecified atom stereocenters. The molecular formula is C15H29N2O8P. The Kier molecular flexibility index (Phi) is 9.70. The van der Waals surface area contributed by atoms with Gasteiger partial charge in [0.05, 0.1) is 19.3 Å². The van der Waals surface area contributed by atoms with Crippen LogP contribution in [0.4, 0.5) is 4.79 Å². The third-order valence-corrected chi connectivity index (χ3v) is 4.88. The van der Waals surface area contributed by atoms with Crippen LogP contribution in [0.15, 0.2) is 0 Å². The highest BCUT2D eigenvalue weighted by Crippen LogP contribution is 2.44. The summed E-state index contributed by atoms with van der Waals surface area (Å²) in [6.07, 6.45) is 0.245. The molecule has 26 heavy (non-hydrogen) atoms. The first-order chi connectivity index (χ1) is 12.2. The van der Waals surface area contributed by atoms with Gasteiger partial charge in [-0.1, -0.05) is 20.3 Å². The van der Waals surface area contributed by atoms with Crippen molar-refractivity contribution >= 4 is 19.8 Å². The highest BCUT2D eigenvalue weighted by molar-refractivity contribution is 7.47. The first-order valence-corrected chi connectivity index (χ1v) is 10.1. The molecule has 0 aromatic carbocycles. The highest BCUT2D eigenvalue weighted by Gasteiger charge is 2.41. The number of likely N-dealkylation sites (N-methyl/N-ethyl adjacent to an activating group) is 1. The standard InChI is InChI=1S/C15H29N2O8P/c1-5-7-8-23-26(20,21)24-10-11-9-12(22-4)14(25-11)17(3)15(19)16-13(18)6-2/h11-12,14H,5-10H2,1-4H3,(H,20,21)(H,16,18,19). The van der Waals surface area contributed by atoms with Gasteiger partial charge in [-0.15, -0.1) is 0 Å². The zero-order valence-electron chi connectivity index (χ0n) is 15.7. The number of methoxy groups -OCH3 is 1. The average Bonchev–Trinajstić information content (AvgIpc) is 3.02. The van der Waals surface area contributed by atoms with E-state index in [1.165, 1.54) is 19.1 Å². The molecular weight excluding hydrogens is 367 g/mol. The second kappa shape index (κ2) is 11.0. The van der Waals surface area contributed by atoms with Crippen LogP contribution in [0.3, 0.4) is 0 Å². The zero-order valence-corrected chi connectivity index (χ0v) is 16.6. The predicted molar refractivity (Wildman–Crippen MR) is 92.3 cm³/mol. The molecule has 1 aliphatic rings. The average molecular weight is 396 g/mol. The van der Waals surface area contributed by atoms with Crippen molar-refractivity contribution < 1.29 is 37.6 Å². The molecule has 0 aliphatic carbocycles. The minimum atomic E-state index is -4.15. The number of amides is 3. The minimum absolute atomic E-state index is 0.132. The van der Waals surface area contributed by atoms with Crippen LogP contribution in [0.25, 0.3) is 0 Å². The first-order valence-electron chi connectivity index (χ1n) is 8.60. The summed E-state index contributed by atoms with van der Waals surface area (Å²) < 4.78 is 32.6. The van der Waals surface area contributed by atoms with Gasteiger partial charge in [-0.25, -0.2) is 9.36 Å². The number of carbonyl (C=O) groups is 2. The maximum atomic E-state index is 12.1. The van der Waals surface area contributed by atoms with E-state index < -0.39 is 38.2 Å². The zero-order chi connectivity index (χ0) is 19.7. The third kappa shape index (κ3) is 7.30. The Bertz CT molecular complexity index is 518. The van der Waals surface area contributed by atoms with E-state index in [9.17, 15) is 19.0 Å². The molecule has 0 aromatic heterocycles. The summed E-state index contributed by atoms with van der Waals surface area (Å²) in [5.41, 5.74) is 0. The number of rotatable bonds is 10. The molecule has 4 atom stereocenters. The molecule has 1 aliphatic heterocycles. The Morgan fingerprint density at radius 2 is 2.04 bits per heavy atom. The lowest BCUT2D eigenvalue weighted by atomic mass is 10.2. The van der Waals surface area contributed by atoms with Gasteiger partial charge >= 0.3 is 13.9 Å². The van der Waals surface area contributed by atoms with Crippen LogP contribution in [-0.4, -0.2) is 67.5 Å². The molecule has 10 nitrogen and oxygen atoms in total. The molecule has 2 N–H and O–H groups in total. The summed E-state index contributed by atoms with van der Waals surface area (Å²) in [5, 5.41) is 2.23. The van der Waals surface area contributed by atoms with E-state index in [4.69, 9.17) is 18.5 Å². The monoisotopic (exact) mass is 396 g/mol. The molecule has 3 amide bonds. The van der Waals surface area contributed by atoms with Gasteiger partial charge in [0.15, 0.2) is 6.23 Å². The maximum Gasteiger partial charge on any atom is 0.472 e. The van der Waals surface area contributed by atoms with Crippen LogP contribution in [-0.2, 0) is 27.9 Å². The molecule has 1 rings (SSSR count). The molecule has 152 valence electrons. The molecule has 1 fully saturated rings. The van der Waals surface area contributed by atoms with Crippen LogP contribution in [0.2, 0.25) is 0 Å². The molecule has 0 aromatic rings. The minimum Gasteiger partial charge on any atom is -0.377 e. The van der Waals surface area contributed by atoms with Gasteiger partial charge in [0, 0.05) is 27.0 Å². The summed E-state index contributed by atoms with van der Waals surface area (Å²) in [6.45, 7) is 3.52. The van der Waals surface area contributed by atoms with E-state index in [1.54, 1.807) is 6.92 Å². The lowest BCUT2D eigenvalue weighted by Crippen LogP contribution is -2.49. The van der Waals surface area contributed by atoms with Crippen molar-refractivity contribution in [2.24, 2.45) is 0 Å². The van der Waals surface area contributed by atoms with Crippen molar-refractivity contribution in [3.05, 3.63) is 0 Å². The number of unbranched alkanes of at least 4 members (excludes halogenated alkanes) is 1. The summed E-state index contributed by atoms with van der Waals surface area (Å²) in [4.78, 5) is 34.3. The topological polar surface area (TPSA) is 124 Å². The summed E-state index contributed by atoms with van der Waals surface area (Å²) in [7, 11) is -1.20. The third-order valence-electron chi connectivity index (χ3n) is 3.89. The van der Waals surface area contributed by atoms with E-state index in [0.717, 1.165) is 6.42 Å². The lowest BCUT2D eigenvalue weighted by molar-refractivity contribution is -0.120. The fraction of sp³-hybridized carbons (Fsp3) is 0.867. The number of nitrogens with zero attached hydrogens (tertiary/aromatic N) is 1. The summed E-state index contributed by atoms with van der Waals surface area (Å²) in [5.74, 6) is -0.404. The second-order valence-electron chi connectivity index (χ2n) is 5.93. The Balaban J connectivity index is 2.56. The van der Waals surface area contributed by atoms with Gasteiger partial charge in [-0.3, -0.25) is 24.1 Å². The Labute approximate surface area is 153 Å². The van der Waals surface area contributed by atoms with Crippen LogP contribution in [0.5, 0.6) is 0 Å². The van der Waals surface area contributed by atoms with Crippen molar-refractivity contribution in [1.29, 1.82) is 0 Å². The molecule has 0 spiro atoms. The number of urea groups is 1. The summed E-state index contributed by atoms with van der Waals surface area (Å²) >= 11 is 0. The number of ether oxygens (including phenoxy) is 2. The number of phosphoric ester groups is 1. The SMILES string of the molecule is CCCCOP(=O)(O)OCC1CC(OC)C(N(C)C(=O)NC(=O)CC)O1. The Hall–Kier alpha value is -1.03. The van der Waals surface area contributed by atoms with Crippen molar-refractivity contribution in [1.82, 2.24) is 10.2 Å². The van der Waals surface area contributed by atoms with Gasteiger partial charge in [-0.2, -0.15) is 0 Å². The van der Waals surface area contributed by atoms with E-state index >= 15 is 0 Å². The smallest absolute Gasteiger partial charge is 0.377 e. The van der Waals surface area contributed by atoms with Gasteiger partial charge in [-0.05, 0) is 6.42 Å². The lowest BCUT2D eigenvalue weighted by Gasteiger charge is -2.27. The number of nitrogens with one attached hydrogen (secondary N) is 1. The van der Waals surface area contributed by atoms with Crippen molar-refractivity contribution in [2.75, 3.05) is 27.4 Å². The number of phosphoric acid groups is 1. The van der Waals surface area contributed by atoms with Crippen molar-refractivity contribution in [3.8, 4) is 0 Å². The Morgan fingerprint density at radius 3 is 2.62 bits per heavy atom. The van der Waals surface area contributed by atoms with Crippen LogP contribution < -0.4 is 5.32 Å². The number of hydrogen-bond donors (Lipinski definition) is 2. The first kappa shape index (κ1) is 23.0. The molecule has 0 saturated carbocycles. The van der Waals surface area contributed by atoms with E-state index in [1.807, 2.05) is 6.92 Å². The van der Waals surface area contributed by atoms with E-state index in [0.29, 0.717) is 12.8 Å². The molecule has 11 heteroatoms. The fourth-order valence-corrected chi connectivity index (χ4v) is 3.12. The molecule has 1 saturated heterocycles.